The van der Waals surface area contributed by atoms with Crippen LogP contribution in [-0.4, -0.2) is 31.1 Å². The summed E-state index contributed by atoms with van der Waals surface area (Å²) in [6, 6.07) is 9.87. The van der Waals surface area contributed by atoms with Gasteiger partial charge in [-0.2, -0.15) is 0 Å². The Morgan fingerprint density at radius 1 is 1.18 bits per heavy atom. The number of amides is 2. The lowest BCUT2D eigenvalue weighted by Gasteiger charge is -2.13. The van der Waals surface area contributed by atoms with Crippen molar-refractivity contribution in [3.63, 3.8) is 0 Å². The van der Waals surface area contributed by atoms with Crippen LogP contribution in [0.2, 0.25) is 4.34 Å². The van der Waals surface area contributed by atoms with Crippen LogP contribution in [0.4, 0.5) is 14.9 Å². The maximum atomic E-state index is 15.0. The van der Waals surface area contributed by atoms with Crippen LogP contribution in [0.3, 0.4) is 0 Å². The summed E-state index contributed by atoms with van der Waals surface area (Å²) in [6.45, 7) is 1.56. The SMILES string of the molecule is COc1ccc2c(=O)n(-c3ccc(NC(=O)NS(=O)(=O)c4ccc(Cl)s4)cc3F)c(C)nc2c1. The highest BCUT2D eigenvalue weighted by molar-refractivity contribution is 7.92. The molecule has 0 aliphatic carbocycles. The van der Waals surface area contributed by atoms with E-state index in [1.165, 1.54) is 31.4 Å². The lowest BCUT2D eigenvalue weighted by molar-refractivity contribution is 0.256. The molecule has 34 heavy (non-hydrogen) atoms. The van der Waals surface area contributed by atoms with Crippen molar-refractivity contribution in [1.82, 2.24) is 14.3 Å². The van der Waals surface area contributed by atoms with Crippen molar-refractivity contribution >= 4 is 55.6 Å². The Balaban J connectivity index is 1.61. The highest BCUT2D eigenvalue weighted by atomic mass is 35.5. The van der Waals surface area contributed by atoms with Gasteiger partial charge in [-0.1, -0.05) is 11.6 Å². The van der Waals surface area contributed by atoms with Gasteiger partial charge in [0.2, 0.25) is 0 Å². The topological polar surface area (TPSA) is 119 Å². The molecular weight excluding hydrogens is 507 g/mol. The van der Waals surface area contributed by atoms with Crippen molar-refractivity contribution < 1.29 is 22.3 Å². The van der Waals surface area contributed by atoms with E-state index in [0.29, 0.717) is 11.3 Å². The number of carbonyl (C=O) groups excluding carboxylic acids is 1. The highest BCUT2D eigenvalue weighted by Gasteiger charge is 2.20. The van der Waals surface area contributed by atoms with Crippen LogP contribution in [-0.2, 0) is 10.0 Å². The first-order valence-electron chi connectivity index (χ1n) is 9.55. The fraction of sp³-hybridized carbons (Fsp3) is 0.0952. The molecule has 2 amide bonds. The number of halogens is 2. The molecule has 4 rings (SSSR count). The number of anilines is 1. The molecule has 0 aliphatic rings. The zero-order chi connectivity index (χ0) is 24.6. The summed E-state index contributed by atoms with van der Waals surface area (Å²) in [6.07, 6.45) is 0. The minimum Gasteiger partial charge on any atom is -0.497 e. The number of rotatable bonds is 5. The number of methoxy groups -OCH3 is 1. The normalized spacial score (nSPS) is 11.4. The number of benzene rings is 2. The van der Waals surface area contributed by atoms with E-state index in [9.17, 15) is 22.4 Å². The summed E-state index contributed by atoms with van der Waals surface area (Å²) in [5.74, 6) is -0.0602. The van der Waals surface area contributed by atoms with Crippen LogP contribution in [0.15, 0.2) is 57.5 Å². The van der Waals surface area contributed by atoms with E-state index in [1.54, 1.807) is 25.1 Å². The number of nitrogens with one attached hydrogen (secondary N) is 2. The predicted molar refractivity (Wildman–Crippen MR) is 127 cm³/mol. The Kier molecular flexibility index (Phi) is 6.30. The van der Waals surface area contributed by atoms with Gasteiger partial charge in [-0.3, -0.25) is 9.36 Å². The molecular formula is C21H16ClFN4O5S2. The quantitative estimate of drug-likeness (QED) is 0.408. The number of aryl methyl sites for hydroxylation is 1. The maximum absolute atomic E-state index is 15.0. The van der Waals surface area contributed by atoms with Crippen molar-refractivity contribution in [3.8, 4) is 11.4 Å². The number of carbonyl (C=O) groups is 1. The standard InChI is InChI=1S/C21H16ClFN4O5S2/c1-11-24-16-10-13(32-2)4-5-14(16)20(28)27(11)17-6-3-12(9-15(17)23)25-21(29)26-34(30,31)19-8-7-18(22)33-19/h3-10H,1-2H3,(H2,25,26,29). The lowest BCUT2D eigenvalue weighted by atomic mass is 10.2. The van der Waals surface area contributed by atoms with Gasteiger partial charge < -0.3 is 10.1 Å². The van der Waals surface area contributed by atoms with Gasteiger partial charge in [-0.05, 0) is 49.4 Å². The van der Waals surface area contributed by atoms with Gasteiger partial charge in [0, 0.05) is 11.8 Å². The minimum atomic E-state index is -4.14. The maximum Gasteiger partial charge on any atom is 0.333 e. The third kappa shape index (κ3) is 4.60. The zero-order valence-electron chi connectivity index (χ0n) is 17.6. The first-order chi connectivity index (χ1) is 16.1. The molecule has 0 atom stereocenters. The molecule has 2 N–H and O–H groups in total. The fourth-order valence-electron chi connectivity index (χ4n) is 3.22. The van der Waals surface area contributed by atoms with Gasteiger partial charge in [0.25, 0.3) is 15.6 Å². The summed E-state index contributed by atoms with van der Waals surface area (Å²) in [5, 5.41) is 2.52. The third-order valence-electron chi connectivity index (χ3n) is 4.73. The number of nitrogens with zero attached hydrogens (tertiary/aromatic N) is 2. The number of aromatic nitrogens is 2. The van der Waals surface area contributed by atoms with E-state index < -0.39 is 27.4 Å². The van der Waals surface area contributed by atoms with Crippen molar-refractivity contribution in [1.29, 1.82) is 0 Å². The minimum absolute atomic E-state index is 0.0256. The first kappa shape index (κ1) is 23.7. The number of sulfonamides is 1. The van der Waals surface area contributed by atoms with Gasteiger partial charge in [0.05, 0.1) is 28.0 Å². The number of ether oxygens (including phenoxy) is 1. The molecule has 0 unspecified atom stereocenters. The number of urea groups is 1. The van der Waals surface area contributed by atoms with Crippen LogP contribution in [0, 0.1) is 12.7 Å². The molecule has 2 heterocycles. The fourth-order valence-corrected chi connectivity index (χ4v) is 5.61. The number of hydrogen-bond donors (Lipinski definition) is 2. The Morgan fingerprint density at radius 2 is 1.94 bits per heavy atom. The average molecular weight is 523 g/mol. The van der Waals surface area contributed by atoms with E-state index in [-0.39, 0.29) is 31.1 Å². The van der Waals surface area contributed by atoms with Crippen LogP contribution >= 0.6 is 22.9 Å². The molecule has 0 saturated carbocycles. The molecule has 0 aliphatic heterocycles. The molecule has 0 saturated heterocycles. The van der Waals surface area contributed by atoms with Crippen LogP contribution in [0.5, 0.6) is 5.75 Å². The summed E-state index contributed by atoms with van der Waals surface area (Å²) < 4.78 is 47.6. The second kappa shape index (κ2) is 9.05. The van der Waals surface area contributed by atoms with E-state index in [2.05, 4.69) is 10.3 Å². The van der Waals surface area contributed by atoms with Gasteiger partial charge in [-0.15, -0.1) is 11.3 Å². The smallest absolute Gasteiger partial charge is 0.333 e. The van der Waals surface area contributed by atoms with E-state index in [0.717, 1.165) is 22.0 Å². The Morgan fingerprint density at radius 3 is 2.59 bits per heavy atom. The predicted octanol–water partition coefficient (Wildman–Crippen LogP) is 4.07. The second-order valence-electron chi connectivity index (χ2n) is 6.97. The van der Waals surface area contributed by atoms with Crippen LogP contribution in [0.25, 0.3) is 16.6 Å². The van der Waals surface area contributed by atoms with Crippen molar-refractivity contribution in [3.05, 3.63) is 74.9 Å². The molecule has 0 spiro atoms. The summed E-state index contributed by atoms with van der Waals surface area (Å²) >= 11 is 6.51. The second-order valence-corrected chi connectivity index (χ2v) is 10.6. The largest absolute Gasteiger partial charge is 0.497 e. The molecule has 0 radical (unpaired) electrons. The summed E-state index contributed by atoms with van der Waals surface area (Å²) in [7, 11) is -2.65. The Labute approximate surface area is 201 Å². The molecule has 9 nitrogen and oxygen atoms in total. The summed E-state index contributed by atoms with van der Waals surface area (Å²) in [4.78, 5) is 29.5. The zero-order valence-corrected chi connectivity index (χ0v) is 20.0. The lowest BCUT2D eigenvalue weighted by Crippen LogP contribution is -2.34. The average Bonchev–Trinajstić information content (AvgIpc) is 3.21. The molecule has 0 bridgehead atoms. The van der Waals surface area contributed by atoms with Gasteiger partial charge in [0.15, 0.2) is 0 Å². The Hall–Kier alpha value is -3.48. The molecule has 0 fully saturated rings. The number of thiophene rings is 1. The number of hydrogen-bond acceptors (Lipinski definition) is 7. The molecule has 2 aromatic carbocycles. The van der Waals surface area contributed by atoms with Crippen LogP contribution < -0.4 is 20.3 Å². The highest BCUT2D eigenvalue weighted by Crippen LogP contribution is 2.25. The van der Waals surface area contributed by atoms with Crippen molar-refractivity contribution in [2.75, 3.05) is 12.4 Å². The van der Waals surface area contributed by atoms with E-state index in [4.69, 9.17) is 16.3 Å². The van der Waals surface area contributed by atoms with Crippen LogP contribution in [0.1, 0.15) is 5.82 Å². The monoisotopic (exact) mass is 522 g/mol. The van der Waals surface area contributed by atoms with Gasteiger partial charge in [0.1, 0.15) is 21.6 Å². The van der Waals surface area contributed by atoms with Crippen molar-refractivity contribution in [2.24, 2.45) is 0 Å². The molecule has 4 aromatic rings. The van der Waals surface area contributed by atoms with E-state index in [1.807, 2.05) is 4.72 Å². The first-order valence-corrected chi connectivity index (χ1v) is 12.2. The molecule has 2 aromatic heterocycles. The van der Waals surface area contributed by atoms with Gasteiger partial charge >= 0.3 is 6.03 Å². The number of fused-ring (bicyclic) bond motifs is 1. The summed E-state index contributed by atoms with van der Waals surface area (Å²) in [5.41, 5.74) is -0.188. The third-order valence-corrected chi connectivity index (χ3v) is 7.79. The van der Waals surface area contributed by atoms with Gasteiger partial charge in [-0.25, -0.2) is 27.3 Å². The molecule has 13 heteroatoms. The Bertz CT molecular complexity index is 1600. The molecule has 176 valence electrons. The van der Waals surface area contributed by atoms with Crippen molar-refractivity contribution in [2.45, 2.75) is 11.1 Å². The van der Waals surface area contributed by atoms with E-state index >= 15 is 0 Å².